The lowest BCUT2D eigenvalue weighted by Gasteiger charge is -2.13. The summed E-state index contributed by atoms with van der Waals surface area (Å²) in [6, 6.07) is 7.72. The van der Waals surface area contributed by atoms with Crippen molar-refractivity contribution >= 4 is 27.5 Å². The third kappa shape index (κ3) is 2.76. The number of allylic oxidation sites excluding steroid dienone is 1. The van der Waals surface area contributed by atoms with Gasteiger partial charge in [0.1, 0.15) is 10.7 Å². The molecular formula is C18H16N2O3S. The van der Waals surface area contributed by atoms with Crippen molar-refractivity contribution in [3.63, 3.8) is 0 Å². The highest BCUT2D eigenvalue weighted by Gasteiger charge is 2.20. The number of nitrogens with zero attached hydrogens (tertiary/aromatic N) is 2. The van der Waals surface area contributed by atoms with Crippen LogP contribution in [0.25, 0.3) is 21.6 Å². The number of aryl methyl sites for hydroxylation is 1. The maximum Gasteiger partial charge on any atom is 0.337 e. The molecule has 24 heavy (non-hydrogen) atoms. The summed E-state index contributed by atoms with van der Waals surface area (Å²) in [6.07, 6.45) is 0. The first-order chi connectivity index (χ1) is 11.4. The van der Waals surface area contributed by atoms with Gasteiger partial charge in [-0.05, 0) is 13.8 Å². The summed E-state index contributed by atoms with van der Waals surface area (Å²) in [4.78, 5) is 29.3. The number of rotatable bonds is 4. The maximum atomic E-state index is 12.9. The second kappa shape index (κ2) is 6.05. The first-order valence-corrected chi connectivity index (χ1v) is 8.23. The Labute approximate surface area is 142 Å². The zero-order valence-corrected chi connectivity index (χ0v) is 14.2. The quantitative estimate of drug-likeness (QED) is 0.735. The minimum absolute atomic E-state index is 0.00146. The summed E-state index contributed by atoms with van der Waals surface area (Å²) in [5, 5.41) is 10.9. The molecule has 0 fully saturated rings. The van der Waals surface area contributed by atoms with Gasteiger partial charge in [-0.25, -0.2) is 9.78 Å². The monoisotopic (exact) mass is 340 g/mol. The van der Waals surface area contributed by atoms with Crippen LogP contribution in [0.4, 0.5) is 0 Å². The van der Waals surface area contributed by atoms with Crippen LogP contribution in [0, 0.1) is 6.92 Å². The molecule has 0 atom stereocenters. The van der Waals surface area contributed by atoms with Gasteiger partial charge in [0.15, 0.2) is 0 Å². The average molecular weight is 340 g/mol. The molecule has 2 heterocycles. The molecule has 1 aromatic carbocycles. The highest BCUT2D eigenvalue weighted by molar-refractivity contribution is 7.17. The number of thiophene rings is 1. The Morgan fingerprint density at radius 1 is 1.33 bits per heavy atom. The van der Waals surface area contributed by atoms with Gasteiger partial charge in [-0.1, -0.05) is 42.0 Å². The Kier molecular flexibility index (Phi) is 4.07. The van der Waals surface area contributed by atoms with Crippen LogP contribution in [-0.2, 0) is 6.54 Å². The van der Waals surface area contributed by atoms with Gasteiger partial charge in [-0.15, -0.1) is 11.3 Å². The Bertz CT molecular complexity index is 1010. The summed E-state index contributed by atoms with van der Waals surface area (Å²) in [5.41, 5.74) is 2.36. The molecule has 0 amide bonds. The second-order valence-electron chi connectivity index (χ2n) is 5.78. The zero-order chi connectivity index (χ0) is 17.4. The number of aromatic carboxylic acids is 1. The second-order valence-corrected chi connectivity index (χ2v) is 6.64. The van der Waals surface area contributed by atoms with Crippen molar-refractivity contribution in [3.05, 3.63) is 63.3 Å². The average Bonchev–Trinajstić information content (AvgIpc) is 2.95. The van der Waals surface area contributed by atoms with Gasteiger partial charge in [0, 0.05) is 17.5 Å². The van der Waals surface area contributed by atoms with Crippen LogP contribution in [-0.4, -0.2) is 20.6 Å². The predicted octanol–water partition coefficient (Wildman–Crippen LogP) is 3.71. The molecule has 0 bridgehead atoms. The largest absolute Gasteiger partial charge is 0.478 e. The van der Waals surface area contributed by atoms with Crippen LogP contribution in [0.3, 0.4) is 0 Å². The molecule has 6 heteroatoms. The van der Waals surface area contributed by atoms with Crippen molar-refractivity contribution in [1.29, 1.82) is 0 Å². The van der Waals surface area contributed by atoms with E-state index in [4.69, 9.17) is 0 Å². The fraction of sp³-hybridized carbons (Fsp3) is 0.167. The SMILES string of the molecule is C=C(C)Cn1c(-c2ccc(C)cc2)nc2scc(C(=O)O)c2c1=O. The zero-order valence-electron chi connectivity index (χ0n) is 13.4. The highest BCUT2D eigenvalue weighted by Crippen LogP contribution is 2.26. The van der Waals surface area contributed by atoms with Crippen LogP contribution >= 0.6 is 11.3 Å². The number of hydrogen-bond acceptors (Lipinski definition) is 4. The van der Waals surface area contributed by atoms with Crippen molar-refractivity contribution in [3.8, 4) is 11.4 Å². The molecule has 5 nitrogen and oxygen atoms in total. The van der Waals surface area contributed by atoms with Crippen molar-refractivity contribution in [2.24, 2.45) is 0 Å². The number of carboxylic acid groups (broad SMARTS) is 1. The topological polar surface area (TPSA) is 72.2 Å². The summed E-state index contributed by atoms with van der Waals surface area (Å²) in [6.45, 7) is 7.96. The minimum atomic E-state index is -1.12. The Hall–Kier alpha value is -2.73. The number of fused-ring (bicyclic) bond motifs is 1. The number of carboxylic acids is 1. The lowest BCUT2D eigenvalue weighted by atomic mass is 10.1. The fourth-order valence-electron chi connectivity index (χ4n) is 2.52. The smallest absolute Gasteiger partial charge is 0.337 e. The van der Waals surface area contributed by atoms with Crippen LogP contribution in [0.15, 0.2) is 46.6 Å². The fourth-order valence-corrected chi connectivity index (χ4v) is 3.42. The highest BCUT2D eigenvalue weighted by atomic mass is 32.1. The summed E-state index contributed by atoms with van der Waals surface area (Å²) in [5.74, 6) is -0.598. The molecule has 2 aromatic heterocycles. The van der Waals surface area contributed by atoms with E-state index in [0.29, 0.717) is 17.2 Å². The third-order valence-corrected chi connectivity index (χ3v) is 4.53. The van der Waals surface area contributed by atoms with E-state index in [1.54, 1.807) is 0 Å². The third-order valence-electron chi connectivity index (χ3n) is 3.66. The van der Waals surface area contributed by atoms with Crippen molar-refractivity contribution in [2.45, 2.75) is 20.4 Å². The number of hydrogen-bond donors (Lipinski definition) is 1. The van der Waals surface area contributed by atoms with Crippen LogP contribution in [0.5, 0.6) is 0 Å². The first kappa shape index (κ1) is 16.1. The van der Waals surface area contributed by atoms with Crippen molar-refractivity contribution in [2.75, 3.05) is 0 Å². The van der Waals surface area contributed by atoms with Gasteiger partial charge in [0.2, 0.25) is 0 Å². The van der Waals surface area contributed by atoms with Gasteiger partial charge in [-0.3, -0.25) is 9.36 Å². The lowest BCUT2D eigenvalue weighted by Crippen LogP contribution is -2.24. The van der Waals surface area contributed by atoms with E-state index in [-0.39, 0.29) is 16.5 Å². The maximum absolute atomic E-state index is 12.9. The molecule has 122 valence electrons. The Morgan fingerprint density at radius 2 is 2.00 bits per heavy atom. The molecule has 0 saturated heterocycles. The van der Waals surface area contributed by atoms with E-state index in [2.05, 4.69) is 11.6 Å². The summed E-state index contributed by atoms with van der Waals surface area (Å²) in [7, 11) is 0. The molecule has 0 saturated carbocycles. The van der Waals surface area contributed by atoms with Gasteiger partial charge >= 0.3 is 5.97 Å². The molecule has 0 aliphatic rings. The normalized spacial score (nSPS) is 10.9. The van der Waals surface area contributed by atoms with E-state index in [1.807, 2.05) is 38.1 Å². The predicted molar refractivity (Wildman–Crippen MR) is 95.8 cm³/mol. The molecule has 1 N–H and O–H groups in total. The first-order valence-electron chi connectivity index (χ1n) is 7.35. The molecule has 0 spiro atoms. The molecule has 0 aliphatic carbocycles. The Balaban J connectivity index is 2.36. The molecule has 3 rings (SSSR count). The summed E-state index contributed by atoms with van der Waals surface area (Å²) >= 11 is 1.17. The molecular weight excluding hydrogens is 324 g/mol. The van der Waals surface area contributed by atoms with Gasteiger partial charge in [0.05, 0.1) is 10.9 Å². The Morgan fingerprint density at radius 3 is 2.58 bits per heavy atom. The van der Waals surface area contributed by atoms with Crippen molar-refractivity contribution < 1.29 is 9.90 Å². The van der Waals surface area contributed by atoms with Crippen LogP contribution < -0.4 is 5.56 Å². The molecule has 0 unspecified atom stereocenters. The van der Waals surface area contributed by atoms with E-state index in [9.17, 15) is 14.7 Å². The molecule has 0 radical (unpaired) electrons. The molecule has 3 aromatic rings. The summed E-state index contributed by atoms with van der Waals surface area (Å²) < 4.78 is 1.49. The number of carbonyl (C=O) groups is 1. The number of benzene rings is 1. The van der Waals surface area contributed by atoms with Crippen LogP contribution in [0.2, 0.25) is 0 Å². The standard InChI is InChI=1S/C18H16N2O3S/c1-10(2)8-20-15(12-6-4-11(3)5-7-12)19-16-14(17(20)21)13(9-24-16)18(22)23/h4-7,9H,1,8H2,2-3H3,(H,22,23). The van der Waals surface area contributed by atoms with E-state index in [1.165, 1.54) is 21.3 Å². The molecule has 0 aliphatic heterocycles. The van der Waals surface area contributed by atoms with Gasteiger partial charge < -0.3 is 5.11 Å². The van der Waals surface area contributed by atoms with Crippen molar-refractivity contribution in [1.82, 2.24) is 9.55 Å². The van der Waals surface area contributed by atoms with Gasteiger partial charge in [-0.2, -0.15) is 0 Å². The van der Waals surface area contributed by atoms with E-state index >= 15 is 0 Å². The minimum Gasteiger partial charge on any atom is -0.478 e. The number of aromatic nitrogens is 2. The van der Waals surface area contributed by atoms with Gasteiger partial charge in [0.25, 0.3) is 5.56 Å². The van der Waals surface area contributed by atoms with Crippen LogP contribution in [0.1, 0.15) is 22.8 Å². The van der Waals surface area contributed by atoms with E-state index < -0.39 is 5.97 Å². The van der Waals surface area contributed by atoms with E-state index in [0.717, 1.165) is 16.7 Å². The lowest BCUT2D eigenvalue weighted by molar-refractivity contribution is 0.0699.